The smallest absolute Gasteiger partial charge is 1.00 e. The number of hydrogen-bond donors (Lipinski definition) is 10. The number of pyridine rings is 10. The minimum atomic E-state index is -1.48. The predicted octanol–water partition coefficient (Wildman–Crippen LogP) is 20.0. The van der Waals surface area contributed by atoms with E-state index in [1.54, 1.807) is 93.7 Å². The molecule has 0 bridgehead atoms. The number of carbonyl (C=O) groups excluding carboxylic acids is 1. The van der Waals surface area contributed by atoms with Gasteiger partial charge in [-0.25, -0.2) is 24.9 Å². The summed E-state index contributed by atoms with van der Waals surface area (Å²) in [5.74, 6) is 2.31. The Morgan fingerprint density at radius 1 is 0.496 bits per heavy atom. The molecule has 0 saturated heterocycles. The molecular formula is C102H126BBr3Cl3IN19NaO7. The molecule has 0 aliphatic heterocycles. The summed E-state index contributed by atoms with van der Waals surface area (Å²) in [6.07, 6.45) is 12.3. The van der Waals surface area contributed by atoms with Crippen LogP contribution in [-0.4, -0.2) is 121 Å². The van der Waals surface area contributed by atoms with E-state index in [2.05, 4.69) is 285 Å². The Morgan fingerprint density at radius 3 is 1.34 bits per heavy atom. The third-order valence-corrected chi connectivity index (χ3v) is 22.8. The number of aliphatic hydroxyl groups excluding tert-OH is 1. The van der Waals surface area contributed by atoms with Crippen LogP contribution in [-0.2, 0) is 31.9 Å². The third-order valence-electron chi connectivity index (χ3n) is 20.0. The van der Waals surface area contributed by atoms with Gasteiger partial charge in [0, 0.05) is 126 Å². The van der Waals surface area contributed by atoms with Gasteiger partial charge in [-0.05, 0) is 270 Å². The maximum atomic E-state index is 12.0. The Hall–Kier alpha value is -9.85. The molecule has 15 rings (SSSR count). The van der Waals surface area contributed by atoms with Crippen LogP contribution in [0.15, 0.2) is 237 Å². The molecule has 0 fully saturated rings. The van der Waals surface area contributed by atoms with Gasteiger partial charge >= 0.3 is 36.7 Å². The van der Waals surface area contributed by atoms with E-state index in [4.69, 9.17) is 77.6 Å². The summed E-state index contributed by atoms with van der Waals surface area (Å²) < 4.78 is 13.5. The van der Waals surface area contributed by atoms with Crippen LogP contribution in [0.2, 0.25) is 10.0 Å². The van der Waals surface area contributed by atoms with Crippen molar-refractivity contribution < 1.29 is 55.7 Å². The van der Waals surface area contributed by atoms with Crippen molar-refractivity contribution in [1.82, 2.24) is 73.8 Å². The van der Waals surface area contributed by atoms with Gasteiger partial charge in [0.2, 0.25) is 0 Å². The van der Waals surface area contributed by atoms with Crippen LogP contribution >= 0.6 is 105 Å². The van der Waals surface area contributed by atoms with Crippen LogP contribution in [0.1, 0.15) is 181 Å². The number of aromatic nitrogens is 15. The van der Waals surface area contributed by atoms with E-state index in [1.807, 2.05) is 126 Å². The zero-order valence-electron chi connectivity index (χ0n) is 83.7. The number of ether oxygens (including phenoxy) is 1. The van der Waals surface area contributed by atoms with E-state index in [0.29, 0.717) is 60.7 Å². The molecular weight excluding hydrogens is 2110 g/mol. The molecule has 0 saturated carbocycles. The molecule has 1 atom stereocenters. The first-order chi connectivity index (χ1) is 63.4. The van der Waals surface area contributed by atoms with Crippen molar-refractivity contribution in [3.8, 4) is 57.0 Å². The summed E-state index contributed by atoms with van der Waals surface area (Å²) >= 11 is 29.1. The van der Waals surface area contributed by atoms with Crippen LogP contribution in [0.5, 0.6) is 5.75 Å². The van der Waals surface area contributed by atoms with Gasteiger partial charge in [0.15, 0.2) is 10.9 Å². The number of Topliss-reactive ketones (excluding diaryl/α,β-unsaturated/α-hetero) is 1. The molecule has 0 aliphatic carbocycles. The number of carbonyl (C=O) groups is 1. The molecule has 0 radical (unpaired) electrons. The number of anilines is 4. The minimum Gasteiger partial charge on any atom is -1.00 e. The fourth-order valence-corrected chi connectivity index (χ4v) is 14.5. The van der Waals surface area contributed by atoms with E-state index >= 15 is 0 Å². The number of benzene rings is 2. The molecule has 2 aromatic carbocycles. The second-order valence-corrected chi connectivity index (χ2v) is 41.5. The molecule has 137 heavy (non-hydrogen) atoms. The van der Waals surface area contributed by atoms with Crippen LogP contribution in [0.25, 0.3) is 56.9 Å². The second-order valence-electron chi connectivity index (χ2n) is 36.1. The maximum absolute atomic E-state index is 12.0. The molecule has 724 valence electrons. The number of imidazole rings is 3. The second kappa shape index (κ2) is 55.2. The number of nitrogens with zero attached hydrogens (tertiary/aromatic N) is 12. The molecule has 0 aliphatic rings. The average molecular weight is 2240 g/mol. The number of rotatable bonds is 8. The maximum Gasteiger partial charge on any atom is 1.00 e. The van der Waals surface area contributed by atoms with Crippen molar-refractivity contribution in [1.29, 1.82) is 0 Å². The average Bonchev–Trinajstić information content (AvgIpc) is 1.60. The summed E-state index contributed by atoms with van der Waals surface area (Å²) in [6, 6.07) is 52.4. The molecule has 13 aromatic heterocycles. The largest absolute Gasteiger partial charge is 1.00 e. The SMILES string of the molecule is Brc1cccc(I)c1.CC(=O)C(C)Cl.CC(C)(C)c1ccnc(-c2cc(=O)cc(N)[nH]2)c1.CC(C)(C)c1ccnc(-c2cc(Cl)cc(N)n2)c1.CC(C)(C)c1ccnc(B(O)O)c1.CO.COc1cc(N)nc(-c2cc(C(C)(C)C)ccn2)c1.Cc1[nH]c2cc(=O)cc(-c3cc(C(C)(C)C)ccn3)n2c1C.Cc1nc[nH]c1C.Cc1ncn(-c2cccc(Br)c2)c1C.Nc1cc(Cl)cc(Br)n1.[H-].[Na+]. The number of ketones is 1. The molecule has 0 spiro atoms. The number of H-pyrrole nitrogens is 3. The third kappa shape index (κ3) is 40.5. The fraction of sp³-hybridized carbons (Fsp3) is 0.304. The predicted molar refractivity (Wildman–Crippen MR) is 581 cm³/mol. The van der Waals surface area contributed by atoms with Crippen molar-refractivity contribution in [2.24, 2.45) is 0 Å². The van der Waals surface area contributed by atoms with Gasteiger partial charge in [-0.1, -0.05) is 171 Å². The number of aromatic amines is 3. The van der Waals surface area contributed by atoms with Gasteiger partial charge < -0.3 is 63.8 Å². The van der Waals surface area contributed by atoms with Crippen molar-refractivity contribution >= 4 is 153 Å². The normalized spacial score (nSPS) is 11.0. The first-order valence-electron chi connectivity index (χ1n) is 42.9. The van der Waals surface area contributed by atoms with Crippen molar-refractivity contribution in [2.45, 2.75) is 192 Å². The van der Waals surface area contributed by atoms with Gasteiger partial charge in [-0.15, -0.1) is 11.6 Å². The number of methoxy groups -OCH3 is 1. The number of aliphatic hydroxyl groups is 1. The number of hydrogen-bond acceptors (Lipinski definition) is 21. The minimum absolute atomic E-state index is 0. The van der Waals surface area contributed by atoms with E-state index < -0.39 is 7.12 Å². The molecule has 35 heteroatoms. The molecule has 14 N–H and O–H groups in total. The van der Waals surface area contributed by atoms with Gasteiger partial charge in [0.25, 0.3) is 0 Å². The molecule has 26 nitrogen and oxygen atoms in total. The van der Waals surface area contributed by atoms with Gasteiger partial charge in [0.1, 0.15) is 45.1 Å². The Labute approximate surface area is 882 Å². The van der Waals surface area contributed by atoms with Gasteiger partial charge in [-0.3, -0.25) is 43.7 Å². The Balaban J connectivity index is 0.000000401. The van der Waals surface area contributed by atoms with Crippen molar-refractivity contribution in [3.05, 3.63) is 323 Å². The zero-order valence-corrected chi connectivity index (χ0v) is 93.8. The summed E-state index contributed by atoms with van der Waals surface area (Å²) in [4.78, 5) is 84.6. The Kier molecular flexibility index (Phi) is 48.2. The van der Waals surface area contributed by atoms with E-state index in [-0.39, 0.29) is 80.1 Å². The zero-order chi connectivity index (χ0) is 102. The fourth-order valence-electron chi connectivity index (χ4n) is 11.8. The van der Waals surface area contributed by atoms with Crippen molar-refractivity contribution in [3.63, 3.8) is 0 Å². The van der Waals surface area contributed by atoms with E-state index in [9.17, 15) is 14.4 Å². The number of aryl methyl sites for hydroxylation is 5. The Morgan fingerprint density at radius 2 is 0.934 bits per heavy atom. The van der Waals surface area contributed by atoms with Crippen LogP contribution in [0, 0.1) is 45.1 Å². The molecule has 0 amide bonds. The Bertz CT molecular complexity index is 6450. The van der Waals surface area contributed by atoms with Crippen LogP contribution < -0.4 is 73.7 Å². The standard InChI is InChI=1S/C18H21N3O.C15H19N3O.C14H16ClN3.C14H17N3O.C11H11BrN2.C9H14BNO2.C6H4BrI.C5H4BrClN2.C5H8N2.C4H7ClO.CH4O.Na.H/c1-11-12(2)21-16(9-14(22)10-17(21)20-11)15-8-13(6-7-19-15)18(3,4)5;1-15(2,3)10-5-6-17-12(7-10)13-8-11(19-4)9-14(16)18-13;1-14(2,3)9-4-5-17-11(6-9)12-7-10(15)8-13(16)18-12;1-14(2,3)9-4-5-16-11(6-9)12-7-10(18)8-13(15)17-12;1-8-9(2)14(7-13-8)11-5-3-4-10(12)6-11;1-9(2,3)7-4-5-11-8(6-7)10(12)13;7-5-2-1-3-6(8)4-5;6-4-1-3(7)2-5(8)9-4;1-4-5(2)7-3-6-4;1-3(5)4(2)6;1-2;;/h6-10,20H,1-5H3;5-9H,1-4H3,(H2,16,18);4-8H,1-3H3,(H2,16,18);4-8H,1-3H3,(H3,15,17,18);3-7H,1-2H3;4-6,12-13H,1-3H3;1-4H;1-2H,(H2,8,9);3H,1-2H3,(H,6,7);3H,1-2H3;2H,1H3;;/q;;;;;;;;;;;+1;-1. The quantitative estimate of drug-likeness (QED) is 0.0292. The molecule has 1 unspecified atom stereocenters. The number of nitrogens with two attached hydrogens (primary N) is 4. The molecule has 15 aromatic rings. The van der Waals surface area contributed by atoms with Crippen LogP contribution in [0.3, 0.4) is 0 Å². The number of fused-ring (bicyclic) bond motifs is 1. The summed E-state index contributed by atoms with van der Waals surface area (Å²) in [6.45, 7) is 47.3. The monoisotopic (exact) mass is 2230 g/mol. The van der Waals surface area contributed by atoms with Gasteiger partial charge in [-0.2, -0.15) is 0 Å². The van der Waals surface area contributed by atoms with Crippen molar-refractivity contribution in [2.75, 3.05) is 37.2 Å². The topological polar surface area (TPSA) is 411 Å². The first-order valence-corrected chi connectivity index (χ1v) is 47.5. The van der Waals surface area contributed by atoms with E-state index in [1.165, 1.54) is 45.0 Å². The van der Waals surface area contributed by atoms with E-state index in [0.717, 1.165) is 101 Å². The first kappa shape index (κ1) is 119. The molecule has 13 heterocycles. The van der Waals surface area contributed by atoms with Crippen LogP contribution in [0.4, 0.5) is 23.3 Å². The number of alkyl halides is 1. The summed E-state index contributed by atoms with van der Waals surface area (Å²) in [5.41, 5.74) is 43.3. The number of nitrogens with one attached hydrogen (secondary N) is 3. The number of nitrogen functional groups attached to an aromatic ring is 4. The summed E-state index contributed by atoms with van der Waals surface area (Å²) in [5, 5.41) is 25.7. The summed E-state index contributed by atoms with van der Waals surface area (Å²) in [7, 11) is 1.12. The number of halogens is 7. The van der Waals surface area contributed by atoms with Gasteiger partial charge in [0.05, 0.1) is 87.7 Å².